The molecule has 3 aromatic carbocycles. The fraction of sp³-hybridized carbons (Fsp3) is 0.324. The number of hydrogen-bond donors (Lipinski definition) is 2. The van der Waals surface area contributed by atoms with E-state index in [0.29, 0.717) is 23.3 Å². The van der Waals surface area contributed by atoms with Gasteiger partial charge in [0.25, 0.3) is 5.91 Å². The summed E-state index contributed by atoms with van der Waals surface area (Å²) in [4.78, 5) is 33.8. The number of hydrogen-bond acceptors (Lipinski definition) is 10. The average Bonchev–Trinajstić information content (AvgIpc) is 3.07. The lowest BCUT2D eigenvalue weighted by molar-refractivity contribution is -0.155. The summed E-state index contributed by atoms with van der Waals surface area (Å²) in [5.41, 5.74) is 6.46. The molecule has 2 atom stereocenters. The predicted octanol–water partition coefficient (Wildman–Crippen LogP) is 5.46. The van der Waals surface area contributed by atoms with Crippen LogP contribution < -0.4 is 20.5 Å². The number of nitrogens with one attached hydrogen (secondary N) is 1. The van der Waals surface area contributed by atoms with E-state index in [0.717, 1.165) is 11.5 Å². The van der Waals surface area contributed by atoms with Crippen molar-refractivity contribution in [3.63, 3.8) is 0 Å². The van der Waals surface area contributed by atoms with Crippen LogP contribution in [0.5, 0.6) is 11.5 Å². The van der Waals surface area contributed by atoms with E-state index in [-0.39, 0.29) is 46.4 Å². The second-order valence-corrected chi connectivity index (χ2v) is 12.8. The number of pyridine rings is 1. The Bertz CT molecular complexity index is 1870. The van der Waals surface area contributed by atoms with Crippen LogP contribution in [0.1, 0.15) is 50.4 Å². The van der Waals surface area contributed by atoms with Gasteiger partial charge in [-0.3, -0.25) is 4.79 Å². The van der Waals surface area contributed by atoms with Crippen LogP contribution in [-0.2, 0) is 24.2 Å². The van der Waals surface area contributed by atoms with Crippen LogP contribution in [0, 0.1) is 5.82 Å². The Morgan fingerprint density at radius 1 is 0.979 bits per heavy atom. The zero-order valence-corrected chi connectivity index (χ0v) is 27.8. The molecule has 1 aromatic heterocycles. The molecule has 0 saturated carbocycles. The number of benzene rings is 3. The summed E-state index contributed by atoms with van der Waals surface area (Å²) in [6.45, 7) is 4.90. The van der Waals surface area contributed by atoms with Gasteiger partial charge < -0.3 is 30.2 Å². The molecule has 0 bridgehead atoms. The number of halogens is 1. The zero-order chi connectivity index (χ0) is 34.3. The van der Waals surface area contributed by atoms with E-state index in [1.165, 1.54) is 44.2 Å². The number of aromatic nitrogens is 1. The number of methoxy groups -OCH3 is 2. The van der Waals surface area contributed by atoms with Crippen molar-refractivity contribution in [1.82, 2.24) is 9.88 Å². The molecular formula is C34H39FN4O7S. The molecule has 0 aliphatic carbocycles. The molecule has 47 heavy (non-hydrogen) atoms. The van der Waals surface area contributed by atoms with Gasteiger partial charge in [-0.2, -0.15) is 0 Å². The van der Waals surface area contributed by atoms with Crippen molar-refractivity contribution in [3.8, 4) is 11.5 Å². The van der Waals surface area contributed by atoms with Crippen molar-refractivity contribution >= 4 is 44.0 Å². The lowest BCUT2D eigenvalue weighted by atomic mass is 9.99. The van der Waals surface area contributed by atoms with Crippen LogP contribution in [0.15, 0.2) is 71.8 Å². The Morgan fingerprint density at radius 2 is 1.68 bits per heavy atom. The van der Waals surface area contributed by atoms with E-state index in [1.807, 2.05) is 0 Å². The summed E-state index contributed by atoms with van der Waals surface area (Å²) in [6, 6.07) is 12.5. The number of amides is 1. The zero-order valence-electron chi connectivity index (χ0n) is 26.9. The van der Waals surface area contributed by atoms with Gasteiger partial charge in [-0.1, -0.05) is 32.0 Å². The van der Waals surface area contributed by atoms with Crippen molar-refractivity contribution in [3.05, 3.63) is 83.8 Å². The van der Waals surface area contributed by atoms with Gasteiger partial charge in [-0.25, -0.2) is 22.6 Å². The minimum absolute atomic E-state index is 0.00976. The largest absolute Gasteiger partial charge is 0.493 e. The quantitative estimate of drug-likeness (QED) is 0.166. The summed E-state index contributed by atoms with van der Waals surface area (Å²) in [7, 11) is -1.08. The molecule has 0 aliphatic heterocycles. The van der Waals surface area contributed by atoms with E-state index in [2.05, 4.69) is 10.3 Å². The van der Waals surface area contributed by atoms with E-state index < -0.39 is 39.6 Å². The first kappa shape index (κ1) is 35.0. The first-order chi connectivity index (χ1) is 22.5. The van der Waals surface area contributed by atoms with Crippen molar-refractivity contribution in [2.45, 2.75) is 44.2 Å². The summed E-state index contributed by atoms with van der Waals surface area (Å²) in [5.74, 6) is -1.95. The molecule has 3 N–H and O–H groups in total. The van der Waals surface area contributed by atoms with Gasteiger partial charge in [0.2, 0.25) is 0 Å². The number of fused-ring (bicyclic) bond motifs is 1. The minimum Gasteiger partial charge on any atom is -0.493 e. The molecule has 11 nitrogen and oxygen atoms in total. The fourth-order valence-electron chi connectivity index (χ4n) is 5.38. The number of sulfone groups is 1. The second-order valence-electron chi connectivity index (χ2n) is 10.6. The van der Waals surface area contributed by atoms with Crippen LogP contribution in [0.25, 0.3) is 10.8 Å². The highest BCUT2D eigenvalue weighted by molar-refractivity contribution is 7.91. The van der Waals surface area contributed by atoms with Crippen LogP contribution in [-0.4, -0.2) is 63.3 Å². The number of ether oxygens (including phenoxy) is 3. The number of esters is 1. The topological polar surface area (TPSA) is 150 Å². The molecule has 0 unspecified atom stereocenters. The van der Waals surface area contributed by atoms with Gasteiger partial charge in [0, 0.05) is 41.0 Å². The predicted molar refractivity (Wildman–Crippen MR) is 178 cm³/mol. The van der Waals surface area contributed by atoms with Crippen LogP contribution >= 0.6 is 0 Å². The molecule has 0 radical (unpaired) electrons. The van der Waals surface area contributed by atoms with Gasteiger partial charge in [-0.05, 0) is 55.1 Å². The average molecular weight is 667 g/mol. The van der Waals surface area contributed by atoms with Gasteiger partial charge in [0.05, 0.1) is 31.5 Å². The summed E-state index contributed by atoms with van der Waals surface area (Å²) < 4.78 is 58.5. The third-order valence-corrected chi connectivity index (χ3v) is 9.47. The molecule has 1 amide bonds. The maximum atomic E-state index is 15.9. The molecule has 0 fully saturated rings. The number of nitrogens with zero attached hydrogens (tertiary/aromatic N) is 2. The molecule has 0 spiro atoms. The van der Waals surface area contributed by atoms with Gasteiger partial charge >= 0.3 is 5.97 Å². The Morgan fingerprint density at radius 3 is 2.34 bits per heavy atom. The third kappa shape index (κ3) is 7.40. The van der Waals surface area contributed by atoms with Crippen molar-refractivity contribution < 1.29 is 36.6 Å². The normalized spacial score (nSPS) is 12.6. The Labute approximate surface area is 273 Å². The molecule has 0 saturated heterocycles. The monoisotopic (exact) mass is 666 g/mol. The van der Waals surface area contributed by atoms with Crippen LogP contribution in [0.3, 0.4) is 0 Å². The number of anilines is 2. The van der Waals surface area contributed by atoms with E-state index in [9.17, 15) is 18.0 Å². The summed E-state index contributed by atoms with van der Waals surface area (Å²) >= 11 is 0. The number of nitrogens with two attached hydrogens (primary N) is 1. The molecule has 4 aromatic rings. The first-order valence-electron chi connectivity index (χ1n) is 15.1. The highest BCUT2D eigenvalue weighted by Crippen LogP contribution is 2.37. The second kappa shape index (κ2) is 15.1. The number of rotatable bonds is 14. The van der Waals surface area contributed by atoms with Crippen molar-refractivity contribution in [1.29, 1.82) is 0 Å². The van der Waals surface area contributed by atoms with Crippen molar-refractivity contribution in [2.75, 3.05) is 44.2 Å². The van der Waals surface area contributed by atoms with Crippen molar-refractivity contribution in [2.24, 2.45) is 0 Å². The smallest absolute Gasteiger partial charge is 0.333 e. The number of carbonyl (C=O) groups is 2. The Balaban J connectivity index is 1.95. The standard InChI is InChI=1S/C34H39FN4O7S/c1-6-17-39(31(34(41)46-7-2)24-11-9-10-12-29(24)47(42,43)8-3)33(40)30(25-19-27(44-4)28(45-5)20-26(25)35)38-22-13-14-23-21(18-22)15-16-37-32(23)36/h9-16,18-20,30-31,38H,6-8,17H2,1-5H3,(H2,36,37)/t30-,31+/m1/s1. The molecule has 1 heterocycles. The highest BCUT2D eigenvalue weighted by Gasteiger charge is 2.39. The summed E-state index contributed by atoms with van der Waals surface area (Å²) in [5, 5.41) is 4.55. The van der Waals surface area contributed by atoms with Crippen LogP contribution in [0.2, 0.25) is 0 Å². The van der Waals surface area contributed by atoms with Gasteiger partial charge in [-0.15, -0.1) is 0 Å². The highest BCUT2D eigenvalue weighted by atomic mass is 32.2. The number of carbonyl (C=O) groups excluding carboxylic acids is 2. The van der Waals surface area contributed by atoms with Crippen LogP contribution in [0.4, 0.5) is 15.9 Å². The third-order valence-electron chi connectivity index (χ3n) is 7.66. The molecule has 0 aliphatic rings. The molecule has 250 valence electrons. The van der Waals surface area contributed by atoms with E-state index >= 15 is 4.39 Å². The van der Waals surface area contributed by atoms with Gasteiger partial charge in [0.15, 0.2) is 27.4 Å². The maximum absolute atomic E-state index is 15.9. The molecule has 13 heteroatoms. The lowest BCUT2D eigenvalue weighted by Gasteiger charge is -2.34. The number of nitrogen functional groups attached to an aromatic ring is 1. The maximum Gasteiger partial charge on any atom is 0.333 e. The Kier molecular flexibility index (Phi) is 11.2. The minimum atomic E-state index is -3.83. The molecular weight excluding hydrogens is 627 g/mol. The van der Waals surface area contributed by atoms with E-state index in [1.54, 1.807) is 56.4 Å². The van der Waals surface area contributed by atoms with Gasteiger partial charge in [0.1, 0.15) is 17.7 Å². The first-order valence-corrected chi connectivity index (χ1v) is 16.8. The Hall–Kier alpha value is -4.91. The SMILES string of the molecule is CCCN(C(=O)[C@H](Nc1ccc2c(N)nccc2c1)c1cc(OC)c(OC)cc1F)[C@H](C(=O)OCC)c1ccccc1S(=O)(=O)CC. The van der Waals surface area contributed by atoms with E-state index in [4.69, 9.17) is 19.9 Å². The molecule has 4 rings (SSSR count). The summed E-state index contributed by atoms with van der Waals surface area (Å²) in [6.07, 6.45) is 1.93. The lowest BCUT2D eigenvalue weighted by Crippen LogP contribution is -2.45. The fourth-order valence-corrected chi connectivity index (χ4v) is 6.52.